The van der Waals surface area contributed by atoms with Gasteiger partial charge < -0.3 is 15.5 Å². The van der Waals surface area contributed by atoms with E-state index in [9.17, 15) is 5.11 Å². The number of hydrogen-bond donors (Lipinski definition) is 3. The Hall–Kier alpha value is -0.950. The molecular formula is C11H14ClN3O2S. The summed E-state index contributed by atoms with van der Waals surface area (Å²) in [5.41, 5.74) is 0. The van der Waals surface area contributed by atoms with Crippen molar-refractivity contribution in [2.45, 2.75) is 19.4 Å². The summed E-state index contributed by atoms with van der Waals surface area (Å²) < 4.78 is 0. The molecule has 0 saturated heterocycles. The van der Waals surface area contributed by atoms with Gasteiger partial charge in [-0.15, -0.1) is 11.3 Å². The second kappa shape index (κ2) is 5.79. The number of nitrogens with zero attached hydrogens (tertiary/aromatic N) is 2. The number of halogens is 1. The molecule has 0 aliphatic heterocycles. The molecule has 3 N–H and O–H groups in total. The average molecular weight is 288 g/mol. The van der Waals surface area contributed by atoms with Gasteiger partial charge in [0.15, 0.2) is 0 Å². The van der Waals surface area contributed by atoms with Crippen molar-refractivity contribution in [3.05, 3.63) is 16.2 Å². The van der Waals surface area contributed by atoms with Crippen molar-refractivity contribution in [3.63, 3.8) is 0 Å². The Labute approximate surface area is 113 Å². The molecule has 0 bridgehead atoms. The minimum Gasteiger partial charge on any atom is -0.394 e. The van der Waals surface area contributed by atoms with Crippen LogP contribution in [0.3, 0.4) is 0 Å². The molecule has 0 saturated carbocycles. The van der Waals surface area contributed by atoms with Crippen molar-refractivity contribution in [3.8, 4) is 0 Å². The van der Waals surface area contributed by atoms with Crippen LogP contribution in [0.15, 0.2) is 6.07 Å². The Morgan fingerprint density at radius 1 is 1.50 bits per heavy atom. The van der Waals surface area contributed by atoms with Crippen LogP contribution in [0.1, 0.15) is 11.8 Å². The van der Waals surface area contributed by atoms with Crippen molar-refractivity contribution in [1.82, 2.24) is 9.97 Å². The molecule has 1 unspecified atom stereocenters. The maximum absolute atomic E-state index is 9.33. The standard InChI is InChI=1S/C11H14ClN3O2S/c1-2-7-3-8-9(13-4-6(17)5-16)14-11(12)15-10(8)18-7/h3,6,16-17H,2,4-5H2,1H3,(H,13,14,15). The van der Waals surface area contributed by atoms with Crippen LogP contribution in [-0.4, -0.2) is 39.4 Å². The second-order valence-corrected chi connectivity index (χ2v) is 5.30. The third kappa shape index (κ3) is 2.89. The lowest BCUT2D eigenvalue weighted by atomic mass is 10.3. The van der Waals surface area contributed by atoms with Gasteiger partial charge in [-0.1, -0.05) is 6.92 Å². The Bertz CT molecular complexity index is 546. The predicted molar refractivity (Wildman–Crippen MR) is 73.4 cm³/mol. The van der Waals surface area contributed by atoms with Crippen molar-refractivity contribution < 1.29 is 10.2 Å². The number of rotatable bonds is 5. The molecule has 18 heavy (non-hydrogen) atoms. The summed E-state index contributed by atoms with van der Waals surface area (Å²) in [4.78, 5) is 10.3. The van der Waals surface area contributed by atoms with Crippen LogP contribution in [-0.2, 0) is 6.42 Å². The molecule has 5 nitrogen and oxygen atoms in total. The number of aryl methyl sites for hydroxylation is 1. The Kier molecular flexibility index (Phi) is 4.34. The second-order valence-electron chi connectivity index (χ2n) is 3.84. The predicted octanol–water partition coefficient (Wildman–Crippen LogP) is 1.67. The molecule has 1 atom stereocenters. The molecule has 0 fully saturated rings. The van der Waals surface area contributed by atoms with E-state index in [0.29, 0.717) is 5.82 Å². The SMILES string of the molecule is CCc1cc2c(NCC(O)CO)nc(Cl)nc2s1. The van der Waals surface area contributed by atoms with Gasteiger partial charge in [0.25, 0.3) is 0 Å². The minimum atomic E-state index is -0.821. The number of fused-ring (bicyclic) bond motifs is 1. The molecule has 7 heteroatoms. The number of aromatic nitrogens is 2. The van der Waals surface area contributed by atoms with Gasteiger partial charge in [0.05, 0.1) is 18.1 Å². The molecule has 98 valence electrons. The highest BCUT2D eigenvalue weighted by Crippen LogP contribution is 2.30. The van der Waals surface area contributed by atoms with E-state index < -0.39 is 6.10 Å². The summed E-state index contributed by atoms with van der Waals surface area (Å²) in [5, 5.41) is 22.1. The zero-order valence-electron chi connectivity index (χ0n) is 9.85. The number of anilines is 1. The molecule has 0 aliphatic carbocycles. The largest absolute Gasteiger partial charge is 0.394 e. The molecule has 0 spiro atoms. The van der Waals surface area contributed by atoms with E-state index in [1.54, 1.807) is 11.3 Å². The van der Waals surface area contributed by atoms with Gasteiger partial charge in [0.1, 0.15) is 10.6 Å². The molecule has 2 aromatic rings. The fourth-order valence-electron chi connectivity index (χ4n) is 1.53. The monoisotopic (exact) mass is 287 g/mol. The van der Waals surface area contributed by atoms with E-state index >= 15 is 0 Å². The number of thiophene rings is 1. The number of aliphatic hydroxyl groups excluding tert-OH is 2. The van der Waals surface area contributed by atoms with Gasteiger partial charge in [0, 0.05) is 11.4 Å². The van der Waals surface area contributed by atoms with Crippen molar-refractivity contribution in [1.29, 1.82) is 0 Å². The van der Waals surface area contributed by atoms with E-state index in [1.165, 1.54) is 4.88 Å². The summed E-state index contributed by atoms with van der Waals surface area (Å²) >= 11 is 7.44. The molecule has 2 rings (SSSR count). The normalized spacial score (nSPS) is 12.9. The average Bonchev–Trinajstić information content (AvgIpc) is 2.78. The Balaban J connectivity index is 2.32. The first-order valence-electron chi connectivity index (χ1n) is 5.62. The van der Waals surface area contributed by atoms with Crippen molar-refractivity contribution >= 4 is 39.0 Å². The van der Waals surface area contributed by atoms with Crippen LogP contribution in [0.2, 0.25) is 5.28 Å². The molecule has 0 aromatic carbocycles. The molecule has 0 amide bonds. The van der Waals surface area contributed by atoms with E-state index in [-0.39, 0.29) is 18.4 Å². The quantitative estimate of drug-likeness (QED) is 0.729. The van der Waals surface area contributed by atoms with Crippen molar-refractivity contribution in [2.24, 2.45) is 0 Å². The van der Waals surface area contributed by atoms with Crippen LogP contribution in [0.4, 0.5) is 5.82 Å². The van der Waals surface area contributed by atoms with Gasteiger partial charge in [-0.25, -0.2) is 9.97 Å². The van der Waals surface area contributed by atoms with E-state index in [1.807, 2.05) is 6.07 Å². The van der Waals surface area contributed by atoms with Gasteiger partial charge in [-0.3, -0.25) is 0 Å². The van der Waals surface area contributed by atoms with Gasteiger partial charge in [-0.05, 0) is 24.1 Å². The zero-order chi connectivity index (χ0) is 13.1. The number of aliphatic hydroxyl groups is 2. The van der Waals surface area contributed by atoms with Crippen LogP contribution in [0, 0.1) is 0 Å². The maximum atomic E-state index is 9.33. The highest BCUT2D eigenvalue weighted by Gasteiger charge is 2.11. The number of nitrogens with one attached hydrogen (secondary N) is 1. The lowest BCUT2D eigenvalue weighted by Crippen LogP contribution is -2.23. The van der Waals surface area contributed by atoms with Crippen LogP contribution in [0.5, 0.6) is 0 Å². The third-order valence-electron chi connectivity index (χ3n) is 2.48. The first-order valence-corrected chi connectivity index (χ1v) is 6.82. The first kappa shape index (κ1) is 13.5. The third-order valence-corrected chi connectivity index (χ3v) is 3.82. The Morgan fingerprint density at radius 3 is 2.94 bits per heavy atom. The van der Waals surface area contributed by atoms with Crippen LogP contribution >= 0.6 is 22.9 Å². The van der Waals surface area contributed by atoms with Gasteiger partial charge in [0.2, 0.25) is 5.28 Å². The molecule has 2 aromatic heterocycles. The summed E-state index contributed by atoms with van der Waals surface area (Å²) in [6.07, 6.45) is 0.107. The summed E-state index contributed by atoms with van der Waals surface area (Å²) in [5.74, 6) is 0.591. The fraction of sp³-hybridized carbons (Fsp3) is 0.455. The highest BCUT2D eigenvalue weighted by molar-refractivity contribution is 7.18. The smallest absolute Gasteiger partial charge is 0.225 e. The van der Waals surface area contributed by atoms with Gasteiger partial charge in [-0.2, -0.15) is 0 Å². The molecule has 0 radical (unpaired) electrons. The summed E-state index contributed by atoms with van der Waals surface area (Å²) in [7, 11) is 0. The molecule has 2 heterocycles. The van der Waals surface area contributed by atoms with E-state index in [4.69, 9.17) is 16.7 Å². The van der Waals surface area contributed by atoms with Gasteiger partial charge >= 0.3 is 0 Å². The van der Waals surface area contributed by atoms with Crippen LogP contribution in [0.25, 0.3) is 10.2 Å². The zero-order valence-corrected chi connectivity index (χ0v) is 11.4. The summed E-state index contributed by atoms with van der Waals surface area (Å²) in [6, 6.07) is 2.02. The first-order chi connectivity index (χ1) is 8.63. The van der Waals surface area contributed by atoms with Crippen molar-refractivity contribution in [2.75, 3.05) is 18.5 Å². The Morgan fingerprint density at radius 2 is 2.28 bits per heavy atom. The molecular weight excluding hydrogens is 274 g/mol. The van der Waals surface area contributed by atoms with Crippen LogP contribution < -0.4 is 5.32 Å². The lowest BCUT2D eigenvalue weighted by Gasteiger charge is -2.10. The highest BCUT2D eigenvalue weighted by atomic mass is 35.5. The van der Waals surface area contributed by atoms with E-state index in [2.05, 4.69) is 22.2 Å². The lowest BCUT2D eigenvalue weighted by molar-refractivity contribution is 0.105. The topological polar surface area (TPSA) is 78.3 Å². The number of hydrogen-bond acceptors (Lipinski definition) is 6. The summed E-state index contributed by atoms with van der Waals surface area (Å²) in [6.45, 7) is 2.00. The van der Waals surface area contributed by atoms with E-state index in [0.717, 1.165) is 16.6 Å². The molecule has 0 aliphatic rings. The maximum Gasteiger partial charge on any atom is 0.225 e. The minimum absolute atomic E-state index is 0.174. The fourth-order valence-corrected chi connectivity index (χ4v) is 2.72.